The number of phenols is 1. The standard InChI is InChI=1S/C15H21N3O/c1-3-7-17-14(15-10-16-11-18(15)2)9-12-5-4-6-13(19)8-12/h4-6,8,10-11,14,17,19H,3,7,9H2,1-2H3. The van der Waals surface area contributed by atoms with E-state index in [-0.39, 0.29) is 6.04 Å². The molecule has 2 N–H and O–H groups in total. The number of hydrogen-bond donors (Lipinski definition) is 2. The molecular formula is C15H21N3O. The molecule has 4 heteroatoms. The zero-order valence-corrected chi connectivity index (χ0v) is 11.5. The van der Waals surface area contributed by atoms with Gasteiger partial charge < -0.3 is 15.0 Å². The second-order valence-corrected chi connectivity index (χ2v) is 4.81. The van der Waals surface area contributed by atoms with E-state index in [2.05, 4.69) is 17.2 Å². The first-order valence-corrected chi connectivity index (χ1v) is 6.68. The second-order valence-electron chi connectivity index (χ2n) is 4.81. The highest BCUT2D eigenvalue weighted by Gasteiger charge is 2.14. The Morgan fingerprint density at radius 3 is 2.89 bits per heavy atom. The molecule has 1 aromatic carbocycles. The SMILES string of the molecule is CCCNC(Cc1cccc(O)c1)c1cncn1C. The van der Waals surface area contributed by atoms with Crippen LogP contribution >= 0.6 is 0 Å². The summed E-state index contributed by atoms with van der Waals surface area (Å²) < 4.78 is 2.04. The minimum atomic E-state index is 0.217. The van der Waals surface area contributed by atoms with Crippen LogP contribution in [-0.2, 0) is 13.5 Å². The average molecular weight is 259 g/mol. The summed E-state index contributed by atoms with van der Waals surface area (Å²) in [4.78, 5) is 4.18. The van der Waals surface area contributed by atoms with Crippen molar-refractivity contribution in [3.63, 3.8) is 0 Å². The molecule has 2 rings (SSSR count). The monoisotopic (exact) mass is 259 g/mol. The topological polar surface area (TPSA) is 50.1 Å². The minimum Gasteiger partial charge on any atom is -0.508 e. The molecule has 0 saturated carbocycles. The molecule has 1 unspecified atom stereocenters. The van der Waals surface area contributed by atoms with Crippen LogP contribution in [0.3, 0.4) is 0 Å². The van der Waals surface area contributed by atoms with Gasteiger partial charge in [-0.3, -0.25) is 0 Å². The highest BCUT2D eigenvalue weighted by atomic mass is 16.3. The summed E-state index contributed by atoms with van der Waals surface area (Å²) in [6.45, 7) is 3.12. The zero-order chi connectivity index (χ0) is 13.7. The van der Waals surface area contributed by atoms with E-state index in [0.717, 1.165) is 30.6 Å². The number of benzene rings is 1. The third-order valence-corrected chi connectivity index (χ3v) is 3.20. The van der Waals surface area contributed by atoms with Crippen LogP contribution in [0.4, 0.5) is 0 Å². The first-order chi connectivity index (χ1) is 9.20. The number of hydrogen-bond acceptors (Lipinski definition) is 3. The van der Waals surface area contributed by atoms with Crippen LogP contribution in [0.2, 0.25) is 0 Å². The van der Waals surface area contributed by atoms with Gasteiger partial charge in [0.15, 0.2) is 0 Å². The van der Waals surface area contributed by atoms with Crippen molar-refractivity contribution in [2.75, 3.05) is 6.54 Å². The van der Waals surface area contributed by atoms with E-state index < -0.39 is 0 Å². The summed E-state index contributed by atoms with van der Waals surface area (Å²) in [6, 6.07) is 7.65. The molecule has 0 bridgehead atoms. The number of phenolic OH excluding ortho intramolecular Hbond substituents is 1. The van der Waals surface area contributed by atoms with E-state index >= 15 is 0 Å². The lowest BCUT2D eigenvalue weighted by Crippen LogP contribution is -2.25. The van der Waals surface area contributed by atoms with Crippen molar-refractivity contribution in [1.29, 1.82) is 0 Å². The van der Waals surface area contributed by atoms with Gasteiger partial charge in [0, 0.05) is 13.2 Å². The molecule has 0 aliphatic carbocycles. The molecule has 1 atom stereocenters. The van der Waals surface area contributed by atoms with Crippen LogP contribution in [0.25, 0.3) is 0 Å². The molecule has 0 aliphatic rings. The third-order valence-electron chi connectivity index (χ3n) is 3.20. The van der Waals surface area contributed by atoms with Crippen LogP contribution in [0, 0.1) is 0 Å². The van der Waals surface area contributed by atoms with Crippen LogP contribution in [-0.4, -0.2) is 21.2 Å². The van der Waals surface area contributed by atoms with Gasteiger partial charge >= 0.3 is 0 Å². The van der Waals surface area contributed by atoms with Crippen molar-refractivity contribution in [3.05, 3.63) is 48.0 Å². The molecule has 102 valence electrons. The van der Waals surface area contributed by atoms with Gasteiger partial charge in [0.05, 0.1) is 18.1 Å². The summed E-state index contributed by atoms with van der Waals surface area (Å²) in [5.74, 6) is 0.316. The van der Waals surface area contributed by atoms with Crippen LogP contribution in [0.15, 0.2) is 36.8 Å². The number of aromatic hydroxyl groups is 1. The molecule has 1 heterocycles. The van der Waals surface area contributed by atoms with Crippen molar-refractivity contribution >= 4 is 0 Å². The lowest BCUT2D eigenvalue weighted by molar-refractivity contribution is 0.471. The maximum atomic E-state index is 9.55. The Morgan fingerprint density at radius 1 is 1.42 bits per heavy atom. The summed E-state index contributed by atoms with van der Waals surface area (Å²) in [5, 5.41) is 13.1. The number of imidazole rings is 1. The van der Waals surface area contributed by atoms with Crippen molar-refractivity contribution < 1.29 is 5.11 Å². The van der Waals surface area contributed by atoms with E-state index in [1.54, 1.807) is 6.07 Å². The summed E-state index contributed by atoms with van der Waals surface area (Å²) >= 11 is 0. The molecule has 4 nitrogen and oxygen atoms in total. The largest absolute Gasteiger partial charge is 0.508 e. The molecule has 0 radical (unpaired) electrons. The number of aromatic nitrogens is 2. The van der Waals surface area contributed by atoms with E-state index in [4.69, 9.17) is 0 Å². The predicted octanol–water partition coefficient (Wildman–Crippen LogP) is 2.41. The molecule has 2 aromatic rings. The van der Waals surface area contributed by atoms with E-state index in [9.17, 15) is 5.11 Å². The maximum absolute atomic E-state index is 9.55. The van der Waals surface area contributed by atoms with Crippen LogP contribution in [0.5, 0.6) is 5.75 Å². The van der Waals surface area contributed by atoms with Crippen molar-refractivity contribution in [2.24, 2.45) is 7.05 Å². The Hall–Kier alpha value is -1.81. The number of nitrogens with one attached hydrogen (secondary N) is 1. The third kappa shape index (κ3) is 3.58. The van der Waals surface area contributed by atoms with Gasteiger partial charge in [-0.1, -0.05) is 19.1 Å². The highest BCUT2D eigenvalue weighted by molar-refractivity contribution is 5.28. The van der Waals surface area contributed by atoms with Crippen LogP contribution < -0.4 is 5.32 Å². The molecule has 19 heavy (non-hydrogen) atoms. The van der Waals surface area contributed by atoms with E-state index in [1.165, 1.54) is 0 Å². The number of nitrogens with zero attached hydrogens (tertiary/aromatic N) is 2. The minimum absolute atomic E-state index is 0.217. The average Bonchev–Trinajstić information content (AvgIpc) is 2.81. The van der Waals surface area contributed by atoms with Gasteiger partial charge in [-0.05, 0) is 37.1 Å². The molecule has 0 saturated heterocycles. The quantitative estimate of drug-likeness (QED) is 0.837. The fourth-order valence-electron chi connectivity index (χ4n) is 2.22. The fourth-order valence-corrected chi connectivity index (χ4v) is 2.22. The van der Waals surface area contributed by atoms with Crippen LogP contribution in [0.1, 0.15) is 30.6 Å². The Labute approximate surface area is 114 Å². The Balaban J connectivity index is 2.16. The summed E-state index contributed by atoms with van der Waals surface area (Å²) in [7, 11) is 2.01. The van der Waals surface area contributed by atoms with Gasteiger partial charge in [-0.15, -0.1) is 0 Å². The molecule has 0 amide bonds. The highest BCUT2D eigenvalue weighted by Crippen LogP contribution is 2.20. The second kappa shape index (κ2) is 6.38. The van der Waals surface area contributed by atoms with Gasteiger partial charge in [0.25, 0.3) is 0 Å². The Bertz CT molecular complexity index is 522. The van der Waals surface area contributed by atoms with Gasteiger partial charge in [0.2, 0.25) is 0 Å². The normalized spacial score (nSPS) is 12.5. The maximum Gasteiger partial charge on any atom is 0.115 e. The molecule has 1 aromatic heterocycles. The lowest BCUT2D eigenvalue weighted by atomic mass is 10.0. The van der Waals surface area contributed by atoms with Gasteiger partial charge in [-0.25, -0.2) is 4.98 Å². The number of rotatable bonds is 6. The fraction of sp³-hybridized carbons (Fsp3) is 0.400. The van der Waals surface area contributed by atoms with Crippen molar-refractivity contribution in [1.82, 2.24) is 14.9 Å². The van der Waals surface area contributed by atoms with Gasteiger partial charge in [0.1, 0.15) is 5.75 Å². The Kier molecular flexibility index (Phi) is 4.58. The predicted molar refractivity (Wildman–Crippen MR) is 76.1 cm³/mol. The zero-order valence-electron chi connectivity index (χ0n) is 11.5. The van der Waals surface area contributed by atoms with E-state index in [1.807, 2.05) is 42.3 Å². The van der Waals surface area contributed by atoms with Crippen molar-refractivity contribution in [3.8, 4) is 5.75 Å². The summed E-state index contributed by atoms with van der Waals surface area (Å²) in [6.07, 6.45) is 5.65. The Morgan fingerprint density at radius 2 is 2.26 bits per heavy atom. The lowest BCUT2D eigenvalue weighted by Gasteiger charge is -2.19. The molecule has 0 aliphatic heterocycles. The molecule has 0 fully saturated rings. The van der Waals surface area contributed by atoms with Crippen molar-refractivity contribution in [2.45, 2.75) is 25.8 Å². The first-order valence-electron chi connectivity index (χ1n) is 6.68. The molecule has 0 spiro atoms. The van der Waals surface area contributed by atoms with E-state index in [0.29, 0.717) is 5.75 Å². The summed E-state index contributed by atoms with van der Waals surface area (Å²) in [5.41, 5.74) is 2.28. The number of aryl methyl sites for hydroxylation is 1. The first kappa shape index (κ1) is 13.6. The smallest absolute Gasteiger partial charge is 0.115 e. The van der Waals surface area contributed by atoms with Gasteiger partial charge in [-0.2, -0.15) is 0 Å². The molecular weight excluding hydrogens is 238 g/mol.